The summed E-state index contributed by atoms with van der Waals surface area (Å²) in [5, 5.41) is 0. The van der Waals surface area contributed by atoms with Gasteiger partial charge in [0.25, 0.3) is 0 Å². The summed E-state index contributed by atoms with van der Waals surface area (Å²) in [6.45, 7) is 0.372. The number of hydrogen-bond acceptors (Lipinski definition) is 6. The molecule has 0 spiro atoms. The minimum absolute atomic E-state index is 0.114. The highest BCUT2D eigenvalue weighted by atomic mass is 16.5. The molecule has 0 radical (unpaired) electrons. The van der Waals surface area contributed by atoms with Crippen molar-refractivity contribution in [2.45, 2.75) is 18.8 Å². The summed E-state index contributed by atoms with van der Waals surface area (Å²) >= 11 is 0. The van der Waals surface area contributed by atoms with Crippen LogP contribution in [0, 0.1) is 5.92 Å². The summed E-state index contributed by atoms with van der Waals surface area (Å²) < 4.78 is 26.8. The van der Waals surface area contributed by atoms with Gasteiger partial charge in [0.15, 0.2) is 23.0 Å². The molecule has 0 aromatic heterocycles. The molecule has 0 N–H and O–H groups in total. The molecular formula is C22H26O6. The summed E-state index contributed by atoms with van der Waals surface area (Å²) in [7, 11) is 6.43. The smallest absolute Gasteiger partial charge is 0.309 e. The number of carbonyl (C=O) groups is 1. The lowest BCUT2D eigenvalue weighted by Gasteiger charge is -2.29. The van der Waals surface area contributed by atoms with Crippen molar-refractivity contribution in [3.8, 4) is 23.0 Å². The van der Waals surface area contributed by atoms with E-state index in [-0.39, 0.29) is 17.8 Å². The van der Waals surface area contributed by atoms with Gasteiger partial charge in [-0.2, -0.15) is 0 Å². The van der Waals surface area contributed by atoms with Crippen LogP contribution in [0.25, 0.3) is 0 Å². The zero-order chi connectivity index (χ0) is 20.1. The molecule has 1 aliphatic heterocycles. The number of benzene rings is 2. The highest BCUT2D eigenvalue weighted by molar-refractivity contribution is 5.74. The van der Waals surface area contributed by atoms with E-state index in [1.54, 1.807) is 28.4 Å². The number of hydrogen-bond donors (Lipinski definition) is 0. The van der Waals surface area contributed by atoms with E-state index in [2.05, 4.69) is 0 Å². The van der Waals surface area contributed by atoms with Crippen LogP contribution in [0.5, 0.6) is 23.0 Å². The van der Waals surface area contributed by atoms with Crippen LogP contribution in [0.3, 0.4) is 0 Å². The predicted molar refractivity (Wildman–Crippen MR) is 105 cm³/mol. The summed E-state index contributed by atoms with van der Waals surface area (Å²) in [5.74, 6) is 2.41. The third-order valence-corrected chi connectivity index (χ3v) is 5.14. The van der Waals surface area contributed by atoms with Crippen LogP contribution in [0.15, 0.2) is 36.4 Å². The second-order valence-electron chi connectivity index (χ2n) is 6.77. The molecule has 0 saturated carbocycles. The standard InChI is InChI=1S/C22H26O6/c1-24-18-7-5-14(10-20(18)26-3)9-16-11-17(13-28-22(16)23)15-6-8-19(25-2)21(12-15)27-4/h5-8,10,12,16-17H,9,11,13H2,1-4H3/t16-,17+/m0/s1. The van der Waals surface area contributed by atoms with E-state index < -0.39 is 0 Å². The largest absolute Gasteiger partial charge is 0.493 e. The second kappa shape index (κ2) is 8.87. The molecule has 2 aromatic carbocycles. The number of cyclic esters (lactones) is 1. The topological polar surface area (TPSA) is 63.2 Å². The van der Waals surface area contributed by atoms with Gasteiger partial charge in [-0.05, 0) is 48.2 Å². The van der Waals surface area contributed by atoms with Crippen molar-refractivity contribution in [3.63, 3.8) is 0 Å². The third-order valence-electron chi connectivity index (χ3n) is 5.14. The first kappa shape index (κ1) is 19.9. The summed E-state index contributed by atoms with van der Waals surface area (Å²) in [5.41, 5.74) is 2.08. The molecule has 1 saturated heterocycles. The molecular weight excluding hydrogens is 360 g/mol. The maximum Gasteiger partial charge on any atom is 0.309 e. The first-order valence-electron chi connectivity index (χ1n) is 9.19. The lowest BCUT2D eigenvalue weighted by atomic mass is 9.84. The van der Waals surface area contributed by atoms with Crippen molar-refractivity contribution >= 4 is 5.97 Å². The Morgan fingerprint density at radius 3 is 2.11 bits per heavy atom. The van der Waals surface area contributed by atoms with Crippen LogP contribution in [0.1, 0.15) is 23.5 Å². The van der Waals surface area contributed by atoms with Gasteiger partial charge in [-0.25, -0.2) is 0 Å². The zero-order valence-corrected chi connectivity index (χ0v) is 16.7. The summed E-state index contributed by atoms with van der Waals surface area (Å²) in [6, 6.07) is 11.6. The predicted octanol–water partition coefficient (Wildman–Crippen LogP) is 3.61. The first-order chi connectivity index (χ1) is 13.6. The van der Waals surface area contributed by atoms with Crippen molar-refractivity contribution < 1.29 is 28.5 Å². The average Bonchev–Trinajstić information content (AvgIpc) is 2.74. The van der Waals surface area contributed by atoms with Crippen LogP contribution in [0.2, 0.25) is 0 Å². The molecule has 150 valence electrons. The van der Waals surface area contributed by atoms with Crippen molar-refractivity contribution in [1.29, 1.82) is 0 Å². The summed E-state index contributed by atoms with van der Waals surface area (Å²) in [4.78, 5) is 12.4. The van der Waals surface area contributed by atoms with E-state index in [9.17, 15) is 4.79 Å². The van der Waals surface area contributed by atoms with Crippen LogP contribution in [0.4, 0.5) is 0 Å². The molecule has 0 unspecified atom stereocenters. The van der Waals surface area contributed by atoms with E-state index in [0.717, 1.165) is 11.1 Å². The monoisotopic (exact) mass is 386 g/mol. The van der Waals surface area contributed by atoms with Gasteiger partial charge >= 0.3 is 5.97 Å². The highest BCUT2D eigenvalue weighted by Crippen LogP contribution is 2.37. The van der Waals surface area contributed by atoms with Crippen molar-refractivity contribution in [3.05, 3.63) is 47.5 Å². The third kappa shape index (κ3) is 4.16. The molecule has 2 atom stereocenters. The van der Waals surface area contributed by atoms with Crippen molar-refractivity contribution in [2.24, 2.45) is 5.92 Å². The fourth-order valence-electron chi connectivity index (χ4n) is 3.61. The van der Waals surface area contributed by atoms with E-state index in [4.69, 9.17) is 23.7 Å². The van der Waals surface area contributed by atoms with E-state index in [0.29, 0.717) is 42.4 Å². The Bertz CT molecular complexity index is 832. The second-order valence-corrected chi connectivity index (χ2v) is 6.77. The average molecular weight is 386 g/mol. The Hall–Kier alpha value is -2.89. The molecule has 2 aromatic rings. The van der Waals surface area contributed by atoms with Crippen LogP contribution in [-0.2, 0) is 16.0 Å². The SMILES string of the molecule is COc1ccc(C[C@H]2C[C@@H](c3ccc(OC)c(OC)c3)COC2=O)cc1OC. The normalized spacial score (nSPS) is 18.9. The van der Waals surface area contributed by atoms with Gasteiger partial charge in [0.2, 0.25) is 0 Å². The maximum atomic E-state index is 12.4. The van der Waals surface area contributed by atoms with Gasteiger partial charge in [0.05, 0.1) is 41.0 Å². The quantitative estimate of drug-likeness (QED) is 0.678. The van der Waals surface area contributed by atoms with E-state index >= 15 is 0 Å². The molecule has 6 nitrogen and oxygen atoms in total. The maximum absolute atomic E-state index is 12.4. The fraction of sp³-hybridized carbons (Fsp3) is 0.409. The van der Waals surface area contributed by atoms with Gasteiger partial charge in [0.1, 0.15) is 0 Å². The molecule has 1 heterocycles. The Morgan fingerprint density at radius 1 is 0.857 bits per heavy atom. The minimum atomic E-state index is -0.218. The van der Waals surface area contributed by atoms with Crippen molar-refractivity contribution in [2.75, 3.05) is 35.0 Å². The fourth-order valence-corrected chi connectivity index (χ4v) is 3.61. The van der Waals surface area contributed by atoms with Gasteiger partial charge < -0.3 is 23.7 Å². The van der Waals surface area contributed by atoms with Crippen molar-refractivity contribution in [1.82, 2.24) is 0 Å². The summed E-state index contributed by atoms with van der Waals surface area (Å²) in [6.07, 6.45) is 1.30. The number of ether oxygens (including phenoxy) is 5. The Kier molecular flexibility index (Phi) is 6.29. The molecule has 0 amide bonds. The van der Waals surface area contributed by atoms with E-state index in [1.165, 1.54) is 0 Å². The molecule has 1 aliphatic rings. The van der Waals surface area contributed by atoms with Gasteiger partial charge in [0, 0.05) is 5.92 Å². The van der Waals surface area contributed by atoms with Crippen LogP contribution in [-0.4, -0.2) is 41.0 Å². The molecule has 1 fully saturated rings. The highest BCUT2D eigenvalue weighted by Gasteiger charge is 2.32. The van der Waals surface area contributed by atoms with Gasteiger partial charge in [-0.3, -0.25) is 4.79 Å². The molecule has 6 heteroatoms. The van der Waals surface area contributed by atoms with Crippen LogP contribution < -0.4 is 18.9 Å². The lowest BCUT2D eigenvalue weighted by Crippen LogP contribution is -2.30. The first-order valence-corrected chi connectivity index (χ1v) is 9.19. The number of methoxy groups -OCH3 is 4. The Balaban J connectivity index is 1.77. The van der Waals surface area contributed by atoms with Gasteiger partial charge in [-0.1, -0.05) is 12.1 Å². The lowest BCUT2D eigenvalue weighted by molar-refractivity contribution is -0.154. The molecule has 3 rings (SSSR count). The number of esters is 1. The van der Waals surface area contributed by atoms with Crippen LogP contribution >= 0.6 is 0 Å². The molecule has 0 bridgehead atoms. The molecule has 28 heavy (non-hydrogen) atoms. The minimum Gasteiger partial charge on any atom is -0.493 e. The van der Waals surface area contributed by atoms with E-state index in [1.807, 2.05) is 36.4 Å². The Morgan fingerprint density at radius 2 is 1.46 bits per heavy atom. The number of carbonyl (C=O) groups excluding carboxylic acids is 1. The van der Waals surface area contributed by atoms with Gasteiger partial charge in [-0.15, -0.1) is 0 Å². The Labute approximate surface area is 165 Å². The zero-order valence-electron chi connectivity index (χ0n) is 16.7. The number of rotatable bonds is 7. The molecule has 0 aliphatic carbocycles.